The molecule has 0 aromatic heterocycles. The summed E-state index contributed by atoms with van der Waals surface area (Å²) in [6.45, 7) is 1.85. The van der Waals surface area contributed by atoms with Crippen molar-refractivity contribution in [3.63, 3.8) is 0 Å². The summed E-state index contributed by atoms with van der Waals surface area (Å²) in [4.78, 5) is 30.4. The van der Waals surface area contributed by atoms with E-state index in [9.17, 15) is 9.59 Å². The van der Waals surface area contributed by atoms with Gasteiger partial charge in [0, 0.05) is 22.1 Å². The maximum atomic E-state index is 13.2. The van der Waals surface area contributed by atoms with E-state index in [1.165, 1.54) is 11.8 Å². The Bertz CT molecular complexity index is 1230. The van der Waals surface area contributed by atoms with Crippen molar-refractivity contribution in [2.45, 2.75) is 13.0 Å². The average Bonchev–Trinajstić information content (AvgIpc) is 2.85. The summed E-state index contributed by atoms with van der Waals surface area (Å²) in [7, 11) is 0. The van der Waals surface area contributed by atoms with Crippen LogP contribution in [0, 0.1) is 0 Å². The van der Waals surface area contributed by atoms with E-state index >= 15 is 0 Å². The number of carbonyl (C=O) groups is 2. The van der Waals surface area contributed by atoms with Gasteiger partial charge in [-0.3, -0.25) is 9.59 Å². The number of nitrogens with one attached hydrogen (secondary N) is 3. The van der Waals surface area contributed by atoms with Crippen LogP contribution in [0.15, 0.2) is 101 Å². The zero-order valence-electron chi connectivity index (χ0n) is 18.4. The van der Waals surface area contributed by atoms with Crippen LogP contribution >= 0.6 is 23.4 Å². The summed E-state index contributed by atoms with van der Waals surface area (Å²) in [6, 6.07) is 25.4. The van der Waals surface area contributed by atoms with Crippen LogP contribution in [-0.2, 0) is 9.59 Å². The van der Waals surface area contributed by atoms with Crippen LogP contribution in [0.4, 0.5) is 11.4 Å². The average molecular weight is 491 g/mol. The van der Waals surface area contributed by atoms with Crippen molar-refractivity contribution < 1.29 is 9.59 Å². The number of hydrogen-bond acceptors (Lipinski definition) is 5. The van der Waals surface area contributed by atoms with Gasteiger partial charge >= 0.3 is 0 Å². The van der Waals surface area contributed by atoms with Crippen LogP contribution < -0.4 is 16.0 Å². The molecule has 0 spiro atoms. The Morgan fingerprint density at radius 3 is 2.21 bits per heavy atom. The van der Waals surface area contributed by atoms with Crippen molar-refractivity contribution in [3.05, 3.63) is 107 Å². The highest BCUT2D eigenvalue weighted by molar-refractivity contribution is 8.14. The largest absolute Gasteiger partial charge is 0.338 e. The van der Waals surface area contributed by atoms with Gasteiger partial charge in [0.1, 0.15) is 6.04 Å². The molecule has 3 N–H and O–H groups in total. The second kappa shape index (κ2) is 11.0. The lowest BCUT2D eigenvalue weighted by Crippen LogP contribution is -2.32. The van der Waals surface area contributed by atoms with E-state index in [2.05, 4.69) is 16.0 Å². The summed E-state index contributed by atoms with van der Waals surface area (Å²) in [5.74, 6) is -0.227. The number of para-hydroxylation sites is 1. The van der Waals surface area contributed by atoms with Crippen molar-refractivity contribution in [3.8, 4) is 0 Å². The number of carbonyl (C=O) groups excluding carboxylic acids is 2. The molecule has 8 heteroatoms. The molecule has 0 fully saturated rings. The molecule has 172 valence electrons. The molecule has 3 aromatic carbocycles. The quantitative estimate of drug-likeness (QED) is 0.418. The van der Waals surface area contributed by atoms with Crippen LogP contribution in [-0.4, -0.2) is 22.7 Å². The third-order valence-electron chi connectivity index (χ3n) is 5.08. The van der Waals surface area contributed by atoms with Gasteiger partial charge in [-0.1, -0.05) is 71.9 Å². The van der Waals surface area contributed by atoms with E-state index in [1.54, 1.807) is 24.3 Å². The molecular formula is C26H23ClN4O2S. The number of benzene rings is 3. The first kappa shape index (κ1) is 23.6. The van der Waals surface area contributed by atoms with Crippen molar-refractivity contribution in [2.24, 2.45) is 4.99 Å². The first-order valence-electron chi connectivity index (χ1n) is 10.6. The molecule has 1 heterocycles. The molecule has 1 aliphatic rings. The fourth-order valence-electron chi connectivity index (χ4n) is 3.48. The SMILES string of the molecule is CC1=C(C(=O)Nc2ccccc2)[C@@H](c2ccccc2)N=C(SCC(=O)Nc2ccc(Cl)cc2)N1. The topological polar surface area (TPSA) is 82.6 Å². The van der Waals surface area contributed by atoms with E-state index in [4.69, 9.17) is 16.6 Å². The number of amides is 2. The third-order valence-corrected chi connectivity index (χ3v) is 6.22. The van der Waals surface area contributed by atoms with Gasteiger partial charge in [-0.25, -0.2) is 4.99 Å². The zero-order chi connectivity index (χ0) is 23.9. The van der Waals surface area contributed by atoms with Gasteiger partial charge in [-0.2, -0.15) is 0 Å². The monoisotopic (exact) mass is 490 g/mol. The van der Waals surface area contributed by atoms with Crippen LogP contribution in [0.1, 0.15) is 18.5 Å². The molecule has 0 bridgehead atoms. The number of amidine groups is 1. The number of rotatable bonds is 6. The fourth-order valence-corrected chi connectivity index (χ4v) is 4.35. The molecule has 1 aliphatic heterocycles. The summed E-state index contributed by atoms with van der Waals surface area (Å²) in [6.07, 6.45) is 0. The van der Waals surface area contributed by atoms with Gasteiger partial charge in [0.2, 0.25) is 5.91 Å². The van der Waals surface area contributed by atoms with E-state index < -0.39 is 6.04 Å². The third kappa shape index (κ3) is 6.07. The Balaban J connectivity index is 1.50. The number of allylic oxidation sites excluding steroid dienone is 1. The van der Waals surface area contributed by atoms with Gasteiger partial charge < -0.3 is 16.0 Å². The Morgan fingerprint density at radius 2 is 1.53 bits per heavy atom. The molecule has 1 atom stereocenters. The van der Waals surface area contributed by atoms with E-state index in [0.29, 0.717) is 32.8 Å². The number of anilines is 2. The lowest BCUT2D eigenvalue weighted by atomic mass is 9.96. The summed E-state index contributed by atoms with van der Waals surface area (Å²) >= 11 is 7.18. The van der Waals surface area contributed by atoms with Crippen molar-refractivity contribution in [2.75, 3.05) is 16.4 Å². The second-order valence-corrected chi connectivity index (χ2v) is 8.98. The first-order chi connectivity index (χ1) is 16.5. The smallest absolute Gasteiger partial charge is 0.255 e. The minimum absolute atomic E-state index is 0.162. The van der Waals surface area contributed by atoms with Crippen molar-refractivity contribution in [1.29, 1.82) is 0 Å². The molecule has 0 radical (unpaired) electrons. The highest BCUT2D eigenvalue weighted by Gasteiger charge is 2.29. The van der Waals surface area contributed by atoms with Crippen LogP contribution in [0.3, 0.4) is 0 Å². The lowest BCUT2D eigenvalue weighted by Gasteiger charge is -2.26. The van der Waals surface area contributed by atoms with Crippen LogP contribution in [0.2, 0.25) is 5.02 Å². The molecular weight excluding hydrogens is 468 g/mol. The zero-order valence-corrected chi connectivity index (χ0v) is 20.0. The molecule has 34 heavy (non-hydrogen) atoms. The van der Waals surface area contributed by atoms with Gasteiger partial charge in [0.15, 0.2) is 5.17 Å². The Kier molecular flexibility index (Phi) is 7.67. The van der Waals surface area contributed by atoms with Crippen LogP contribution in [0.25, 0.3) is 0 Å². The number of hydrogen-bond donors (Lipinski definition) is 3. The summed E-state index contributed by atoms with van der Waals surface area (Å²) < 4.78 is 0. The highest BCUT2D eigenvalue weighted by Crippen LogP contribution is 2.33. The van der Waals surface area contributed by atoms with E-state index in [1.807, 2.05) is 67.6 Å². The molecule has 0 unspecified atom stereocenters. The molecule has 2 amide bonds. The normalized spacial score (nSPS) is 15.2. The fraction of sp³-hybridized carbons (Fsp3) is 0.115. The maximum Gasteiger partial charge on any atom is 0.255 e. The maximum absolute atomic E-state index is 13.2. The number of nitrogens with zero attached hydrogens (tertiary/aromatic N) is 1. The van der Waals surface area contributed by atoms with E-state index in [-0.39, 0.29) is 17.6 Å². The Morgan fingerprint density at radius 1 is 0.912 bits per heavy atom. The van der Waals surface area contributed by atoms with Gasteiger partial charge in [-0.15, -0.1) is 0 Å². The first-order valence-corrected chi connectivity index (χ1v) is 12.0. The second-order valence-electron chi connectivity index (χ2n) is 7.58. The standard InChI is InChI=1S/C26H23ClN4O2S/c1-17-23(25(33)30-20-10-6-3-7-11-20)24(18-8-4-2-5-9-18)31-26(28-17)34-16-22(32)29-21-14-12-19(27)13-15-21/h2-15,24H,16H2,1H3,(H,28,31)(H,29,32)(H,30,33)/t24-/m1/s1. The predicted octanol–water partition coefficient (Wildman–Crippen LogP) is 5.62. The molecule has 3 aromatic rings. The molecule has 6 nitrogen and oxygen atoms in total. The number of thioether (sulfide) groups is 1. The molecule has 0 aliphatic carbocycles. The Labute approximate surface area is 207 Å². The minimum atomic E-state index is -0.493. The van der Waals surface area contributed by atoms with Gasteiger partial charge in [0.25, 0.3) is 5.91 Å². The van der Waals surface area contributed by atoms with Gasteiger partial charge in [0.05, 0.1) is 11.3 Å². The van der Waals surface area contributed by atoms with Crippen molar-refractivity contribution >= 4 is 51.7 Å². The highest BCUT2D eigenvalue weighted by atomic mass is 35.5. The molecule has 0 saturated carbocycles. The predicted molar refractivity (Wildman–Crippen MR) is 140 cm³/mol. The van der Waals surface area contributed by atoms with Gasteiger partial charge in [-0.05, 0) is 48.9 Å². The summed E-state index contributed by atoms with van der Waals surface area (Å²) in [5, 5.41) is 10.2. The number of halogens is 1. The number of aliphatic imine (C=N–C) groups is 1. The Hall–Kier alpha value is -3.55. The summed E-state index contributed by atoms with van der Waals surface area (Å²) in [5.41, 5.74) is 3.50. The minimum Gasteiger partial charge on any atom is -0.338 e. The lowest BCUT2D eigenvalue weighted by molar-refractivity contribution is -0.114. The van der Waals surface area contributed by atoms with E-state index in [0.717, 1.165) is 5.56 Å². The van der Waals surface area contributed by atoms with Crippen LogP contribution in [0.5, 0.6) is 0 Å². The molecule has 0 saturated heterocycles. The molecule has 4 rings (SSSR count). The van der Waals surface area contributed by atoms with Crippen molar-refractivity contribution in [1.82, 2.24) is 5.32 Å².